The summed E-state index contributed by atoms with van der Waals surface area (Å²) >= 11 is 0. The Morgan fingerprint density at radius 2 is 1.59 bits per heavy atom. The zero-order chi connectivity index (χ0) is 20.9. The second kappa shape index (κ2) is 9.58. The van der Waals surface area contributed by atoms with Gasteiger partial charge in [-0.05, 0) is 23.3 Å². The highest BCUT2D eigenvalue weighted by atomic mass is 32.2. The Morgan fingerprint density at radius 3 is 2.17 bits per heavy atom. The molecule has 1 aliphatic rings. The van der Waals surface area contributed by atoms with Gasteiger partial charge in [-0.1, -0.05) is 30.3 Å². The van der Waals surface area contributed by atoms with Gasteiger partial charge in [0.1, 0.15) is 12.4 Å². The molecule has 8 heteroatoms. The zero-order valence-electron chi connectivity index (χ0n) is 17.1. The summed E-state index contributed by atoms with van der Waals surface area (Å²) in [5.74, 6) is 0.714. The van der Waals surface area contributed by atoms with Crippen LogP contribution in [0.4, 0.5) is 5.69 Å². The maximum Gasteiger partial charge on any atom is 0.211 e. The Hall–Kier alpha value is -2.13. The van der Waals surface area contributed by atoms with Gasteiger partial charge in [-0.25, -0.2) is 8.42 Å². The van der Waals surface area contributed by atoms with Gasteiger partial charge in [0, 0.05) is 52.2 Å². The first-order chi connectivity index (χ1) is 13.9. The lowest BCUT2D eigenvalue weighted by Gasteiger charge is -2.35. The van der Waals surface area contributed by atoms with E-state index >= 15 is 0 Å². The van der Waals surface area contributed by atoms with E-state index < -0.39 is 16.3 Å². The summed E-state index contributed by atoms with van der Waals surface area (Å²) in [5.41, 5.74) is 3.12. The molecule has 0 unspecified atom stereocenters. The lowest BCUT2D eigenvalue weighted by molar-refractivity contribution is -0.121. The summed E-state index contributed by atoms with van der Waals surface area (Å²) in [6.45, 7) is 2.47. The summed E-state index contributed by atoms with van der Waals surface area (Å²) in [6.07, 6.45) is 0.810. The normalized spacial score (nSPS) is 15.7. The molecule has 3 rings (SSSR count). The number of benzene rings is 2. The van der Waals surface area contributed by atoms with Gasteiger partial charge in [0.25, 0.3) is 0 Å². The van der Waals surface area contributed by atoms with Crippen LogP contribution in [0.2, 0.25) is 0 Å². The molecule has 0 atom stereocenters. The molecular formula is C21H28N2O5S. The number of ether oxygens (including phenoxy) is 3. The van der Waals surface area contributed by atoms with Crippen molar-refractivity contribution in [2.24, 2.45) is 0 Å². The van der Waals surface area contributed by atoms with Crippen molar-refractivity contribution in [3.8, 4) is 16.9 Å². The van der Waals surface area contributed by atoms with Crippen LogP contribution in [0.5, 0.6) is 5.75 Å². The summed E-state index contributed by atoms with van der Waals surface area (Å²) in [4.78, 5) is 2.19. The SMILES string of the molecule is COC(COc1cc(-c2ccccc2)cc(N2CCN(S(C)(=O)=O)CC2)c1)OC. The second-order valence-electron chi connectivity index (χ2n) is 6.94. The maximum absolute atomic E-state index is 11.8. The first kappa shape index (κ1) is 21.6. The van der Waals surface area contributed by atoms with E-state index in [-0.39, 0.29) is 6.61 Å². The number of sulfonamides is 1. The predicted molar refractivity (Wildman–Crippen MR) is 114 cm³/mol. The van der Waals surface area contributed by atoms with Crippen LogP contribution in [-0.4, -0.2) is 72.3 Å². The van der Waals surface area contributed by atoms with Gasteiger partial charge >= 0.3 is 0 Å². The molecular weight excluding hydrogens is 392 g/mol. The molecule has 0 N–H and O–H groups in total. The molecule has 2 aromatic carbocycles. The average molecular weight is 421 g/mol. The van der Waals surface area contributed by atoms with E-state index in [1.165, 1.54) is 10.6 Å². The monoisotopic (exact) mass is 420 g/mol. The minimum atomic E-state index is -3.16. The first-order valence-electron chi connectivity index (χ1n) is 9.49. The van der Waals surface area contributed by atoms with Gasteiger partial charge in [-0.3, -0.25) is 0 Å². The molecule has 0 saturated carbocycles. The maximum atomic E-state index is 11.8. The van der Waals surface area contributed by atoms with Crippen molar-refractivity contribution in [2.45, 2.75) is 6.29 Å². The fraction of sp³-hybridized carbons (Fsp3) is 0.429. The number of hydrogen-bond donors (Lipinski definition) is 0. The fourth-order valence-corrected chi connectivity index (χ4v) is 4.15. The molecule has 158 valence electrons. The first-order valence-corrected chi connectivity index (χ1v) is 11.3. The van der Waals surface area contributed by atoms with E-state index in [0.29, 0.717) is 31.9 Å². The van der Waals surface area contributed by atoms with Gasteiger partial charge < -0.3 is 19.1 Å². The average Bonchev–Trinajstić information content (AvgIpc) is 2.74. The van der Waals surface area contributed by atoms with Crippen molar-refractivity contribution in [3.05, 3.63) is 48.5 Å². The summed E-state index contributed by atoms with van der Waals surface area (Å²) in [7, 11) is -0.0126. The second-order valence-corrected chi connectivity index (χ2v) is 8.93. The van der Waals surface area contributed by atoms with E-state index in [1.807, 2.05) is 30.3 Å². The molecule has 0 radical (unpaired) electrons. The van der Waals surface area contributed by atoms with Gasteiger partial charge in [-0.2, -0.15) is 4.31 Å². The summed E-state index contributed by atoms with van der Waals surface area (Å²) in [6, 6.07) is 16.2. The van der Waals surface area contributed by atoms with Crippen molar-refractivity contribution in [2.75, 3.05) is 58.2 Å². The van der Waals surface area contributed by atoms with Gasteiger partial charge in [0.05, 0.1) is 6.26 Å². The highest BCUT2D eigenvalue weighted by Crippen LogP contribution is 2.31. The number of hydrogen-bond acceptors (Lipinski definition) is 6. The van der Waals surface area contributed by atoms with E-state index in [0.717, 1.165) is 16.8 Å². The minimum Gasteiger partial charge on any atom is -0.488 e. The highest BCUT2D eigenvalue weighted by molar-refractivity contribution is 7.88. The Kier molecular flexibility index (Phi) is 7.13. The molecule has 1 heterocycles. The molecule has 1 aliphatic heterocycles. The van der Waals surface area contributed by atoms with Gasteiger partial charge in [-0.15, -0.1) is 0 Å². The third-order valence-corrected chi connectivity index (χ3v) is 6.29. The van der Waals surface area contributed by atoms with Crippen LogP contribution in [0.1, 0.15) is 0 Å². The quantitative estimate of drug-likeness (QED) is 0.611. The molecule has 0 aromatic heterocycles. The number of piperazine rings is 1. The van der Waals surface area contributed by atoms with Crippen molar-refractivity contribution >= 4 is 15.7 Å². The molecule has 1 fully saturated rings. The number of nitrogens with zero attached hydrogens (tertiary/aromatic N) is 2. The Morgan fingerprint density at radius 1 is 0.931 bits per heavy atom. The van der Waals surface area contributed by atoms with E-state index in [1.54, 1.807) is 14.2 Å². The van der Waals surface area contributed by atoms with Crippen molar-refractivity contribution in [1.29, 1.82) is 0 Å². The number of anilines is 1. The summed E-state index contributed by atoms with van der Waals surface area (Å²) < 4.78 is 41.5. The topological polar surface area (TPSA) is 68.3 Å². The zero-order valence-corrected chi connectivity index (χ0v) is 17.9. The van der Waals surface area contributed by atoms with Crippen molar-refractivity contribution in [3.63, 3.8) is 0 Å². The number of methoxy groups -OCH3 is 2. The van der Waals surface area contributed by atoms with E-state index in [2.05, 4.69) is 23.1 Å². The highest BCUT2D eigenvalue weighted by Gasteiger charge is 2.24. The van der Waals surface area contributed by atoms with Crippen LogP contribution >= 0.6 is 0 Å². The molecule has 0 aliphatic carbocycles. The lowest BCUT2D eigenvalue weighted by atomic mass is 10.0. The van der Waals surface area contributed by atoms with Gasteiger partial charge in [0.2, 0.25) is 10.0 Å². The molecule has 2 aromatic rings. The van der Waals surface area contributed by atoms with Crippen LogP contribution in [-0.2, 0) is 19.5 Å². The summed E-state index contributed by atoms with van der Waals surface area (Å²) in [5, 5.41) is 0. The molecule has 7 nitrogen and oxygen atoms in total. The molecule has 0 amide bonds. The number of rotatable bonds is 8. The molecule has 0 spiro atoms. The standard InChI is InChI=1S/C21H28N2O5S/c1-26-21(27-2)16-28-20-14-18(17-7-5-4-6-8-17)13-19(15-20)22-9-11-23(12-10-22)29(3,24)25/h4-8,13-15,21H,9-12,16H2,1-3H3. The van der Waals surface area contributed by atoms with Crippen molar-refractivity contribution in [1.82, 2.24) is 4.31 Å². The van der Waals surface area contributed by atoms with Crippen LogP contribution in [0.25, 0.3) is 11.1 Å². The third-order valence-electron chi connectivity index (χ3n) is 4.98. The lowest BCUT2D eigenvalue weighted by Crippen LogP contribution is -2.48. The van der Waals surface area contributed by atoms with Crippen LogP contribution in [0.3, 0.4) is 0 Å². The van der Waals surface area contributed by atoms with Crippen LogP contribution < -0.4 is 9.64 Å². The largest absolute Gasteiger partial charge is 0.488 e. The van der Waals surface area contributed by atoms with Crippen LogP contribution in [0.15, 0.2) is 48.5 Å². The van der Waals surface area contributed by atoms with E-state index in [9.17, 15) is 8.42 Å². The predicted octanol–water partition coefficient (Wildman–Crippen LogP) is 2.43. The minimum absolute atomic E-state index is 0.270. The van der Waals surface area contributed by atoms with Gasteiger partial charge in [0.15, 0.2) is 6.29 Å². The Balaban J connectivity index is 1.85. The molecule has 0 bridgehead atoms. The Labute approximate surface area is 172 Å². The fourth-order valence-electron chi connectivity index (χ4n) is 3.32. The third kappa shape index (κ3) is 5.70. The van der Waals surface area contributed by atoms with Crippen molar-refractivity contribution < 1.29 is 22.6 Å². The smallest absolute Gasteiger partial charge is 0.211 e. The molecule has 29 heavy (non-hydrogen) atoms. The van der Waals surface area contributed by atoms with Crippen LogP contribution in [0, 0.1) is 0 Å². The Bertz CT molecular complexity index is 893. The van der Waals surface area contributed by atoms with E-state index in [4.69, 9.17) is 14.2 Å². The molecule has 1 saturated heterocycles.